The predicted molar refractivity (Wildman–Crippen MR) is 37.6 cm³/mol. The van der Waals surface area contributed by atoms with Crippen molar-refractivity contribution in [3.05, 3.63) is 18.2 Å². The molecule has 6 heteroatoms. The van der Waals surface area contributed by atoms with Crippen molar-refractivity contribution in [1.82, 2.24) is 9.97 Å². The first-order valence-electron chi connectivity index (χ1n) is 3.00. The molecule has 0 spiro atoms. The number of nitrogens with zero attached hydrogens (tertiary/aromatic N) is 2. The topological polar surface area (TPSA) is 75.5 Å². The zero-order valence-corrected chi connectivity index (χ0v) is 5.93. The van der Waals surface area contributed by atoms with Crippen molar-refractivity contribution in [2.75, 3.05) is 0 Å². The van der Waals surface area contributed by atoms with Gasteiger partial charge in [-0.1, -0.05) is 0 Å². The van der Waals surface area contributed by atoms with Gasteiger partial charge in [-0.3, -0.25) is 0 Å². The van der Waals surface area contributed by atoms with Crippen molar-refractivity contribution in [1.29, 1.82) is 0 Å². The van der Waals surface area contributed by atoms with E-state index in [-0.39, 0.29) is 5.75 Å². The number of aromatic nitrogens is 2. The zero-order chi connectivity index (χ0) is 8.27. The lowest BCUT2D eigenvalue weighted by Gasteiger charge is -2.01. The largest absolute Gasteiger partial charge is 0.707 e. The van der Waals surface area contributed by atoms with Gasteiger partial charge in [0.2, 0.25) is 0 Å². The average molecular weight is 154 g/mol. The molecule has 0 fully saturated rings. The molecule has 0 saturated heterocycles. The van der Waals surface area contributed by atoms with Gasteiger partial charge in [0.1, 0.15) is 11.6 Å². The molecule has 0 atom stereocenters. The third-order valence-corrected chi connectivity index (χ3v) is 0.999. The van der Waals surface area contributed by atoms with Crippen LogP contribution >= 0.6 is 0 Å². The third kappa shape index (κ3) is 2.52. The average Bonchev–Trinajstić information content (AvgIpc) is 1.93. The van der Waals surface area contributed by atoms with Crippen molar-refractivity contribution in [2.45, 2.75) is 6.92 Å². The van der Waals surface area contributed by atoms with Crippen molar-refractivity contribution >= 4 is 7.32 Å². The van der Waals surface area contributed by atoms with Crippen LogP contribution in [-0.4, -0.2) is 27.3 Å². The van der Waals surface area contributed by atoms with Gasteiger partial charge < -0.3 is 14.7 Å². The minimum Gasteiger partial charge on any atom is -0.509 e. The predicted octanol–water partition coefficient (Wildman–Crippen LogP) is -0.867. The summed E-state index contributed by atoms with van der Waals surface area (Å²) in [6.07, 6.45) is 2.73. The second-order valence-corrected chi connectivity index (χ2v) is 1.91. The van der Waals surface area contributed by atoms with E-state index in [9.17, 15) is 0 Å². The maximum Gasteiger partial charge on any atom is 0.707 e. The van der Waals surface area contributed by atoms with Crippen molar-refractivity contribution in [2.24, 2.45) is 0 Å². The van der Waals surface area contributed by atoms with Gasteiger partial charge in [-0.2, -0.15) is 0 Å². The summed E-state index contributed by atoms with van der Waals surface area (Å²) >= 11 is 0. The second-order valence-electron chi connectivity index (χ2n) is 1.91. The molecule has 0 unspecified atom stereocenters. The Kier molecular flexibility index (Phi) is 2.40. The highest BCUT2D eigenvalue weighted by Gasteiger charge is 2.10. The third-order valence-electron chi connectivity index (χ3n) is 0.999. The van der Waals surface area contributed by atoms with Crippen LogP contribution in [0.15, 0.2) is 12.4 Å². The summed E-state index contributed by atoms with van der Waals surface area (Å²) in [7, 11) is -1.82. The van der Waals surface area contributed by atoms with Crippen LogP contribution in [0.25, 0.3) is 0 Å². The minimum atomic E-state index is -1.82. The molecule has 5 nitrogen and oxygen atoms in total. The smallest absolute Gasteiger partial charge is 0.509 e. The molecule has 0 bridgehead atoms. The number of hydrogen-bond acceptors (Lipinski definition) is 5. The molecule has 11 heavy (non-hydrogen) atoms. The van der Waals surface area contributed by atoms with Crippen LogP contribution in [0.5, 0.6) is 5.75 Å². The van der Waals surface area contributed by atoms with Crippen LogP contribution in [0, 0.1) is 6.92 Å². The van der Waals surface area contributed by atoms with Gasteiger partial charge in [-0.15, -0.1) is 0 Å². The monoisotopic (exact) mass is 154 g/mol. The molecule has 0 radical (unpaired) electrons. The Morgan fingerprint density at radius 3 is 2.36 bits per heavy atom. The second kappa shape index (κ2) is 3.31. The highest BCUT2D eigenvalue weighted by Crippen LogP contribution is 2.05. The molecule has 0 aliphatic carbocycles. The van der Waals surface area contributed by atoms with Crippen molar-refractivity contribution < 1.29 is 14.7 Å². The molecule has 0 aromatic carbocycles. The van der Waals surface area contributed by atoms with Gasteiger partial charge >= 0.3 is 7.32 Å². The Labute approximate surface area is 63.9 Å². The molecular weight excluding hydrogens is 147 g/mol. The van der Waals surface area contributed by atoms with Crippen LogP contribution in [-0.2, 0) is 0 Å². The normalized spacial score (nSPS) is 9.36. The zero-order valence-electron chi connectivity index (χ0n) is 5.93. The van der Waals surface area contributed by atoms with E-state index < -0.39 is 7.32 Å². The van der Waals surface area contributed by atoms with Gasteiger partial charge in [0.15, 0.2) is 0 Å². The molecule has 1 heterocycles. The van der Waals surface area contributed by atoms with Crippen LogP contribution in [0.1, 0.15) is 5.82 Å². The van der Waals surface area contributed by atoms with Crippen LogP contribution in [0.3, 0.4) is 0 Å². The first-order chi connectivity index (χ1) is 5.18. The molecule has 58 valence electrons. The summed E-state index contributed by atoms with van der Waals surface area (Å²) in [5.41, 5.74) is 0. The summed E-state index contributed by atoms with van der Waals surface area (Å²) in [4.78, 5) is 7.55. The lowest BCUT2D eigenvalue weighted by atomic mass is 10.2. The fraction of sp³-hybridized carbons (Fsp3) is 0.200. The maximum absolute atomic E-state index is 8.35. The van der Waals surface area contributed by atoms with Crippen LogP contribution in [0.2, 0.25) is 0 Å². The first-order valence-corrected chi connectivity index (χ1v) is 3.00. The highest BCUT2D eigenvalue weighted by molar-refractivity contribution is 6.33. The Bertz CT molecular complexity index is 226. The number of aryl methyl sites for hydroxylation is 1. The summed E-state index contributed by atoms with van der Waals surface area (Å²) < 4.78 is 4.46. The standard InChI is InChI=1S/C5H7BN2O3/c1-4-7-2-5(3-8-4)11-6(9)10/h2-3,9-10H,1H3. The van der Waals surface area contributed by atoms with E-state index in [1.54, 1.807) is 6.92 Å². The Hall–Kier alpha value is -1.14. The summed E-state index contributed by atoms with van der Waals surface area (Å²) in [6.45, 7) is 1.72. The quantitative estimate of drug-likeness (QED) is 0.541. The fourth-order valence-electron chi connectivity index (χ4n) is 0.563. The van der Waals surface area contributed by atoms with E-state index in [1.165, 1.54) is 12.4 Å². The molecule has 0 aliphatic heterocycles. The molecular formula is C5H7BN2O3. The molecule has 0 saturated carbocycles. The molecule has 0 aliphatic rings. The molecule has 1 rings (SSSR count). The van der Waals surface area contributed by atoms with Gasteiger partial charge in [0.05, 0.1) is 12.4 Å². The maximum atomic E-state index is 8.35. The van der Waals surface area contributed by atoms with E-state index in [0.29, 0.717) is 5.82 Å². The van der Waals surface area contributed by atoms with E-state index in [2.05, 4.69) is 14.6 Å². The number of rotatable bonds is 2. The van der Waals surface area contributed by atoms with Crippen molar-refractivity contribution in [3.8, 4) is 5.75 Å². The molecule has 2 N–H and O–H groups in total. The number of hydrogen-bond donors (Lipinski definition) is 2. The molecule has 1 aromatic heterocycles. The van der Waals surface area contributed by atoms with Gasteiger partial charge in [-0.25, -0.2) is 9.97 Å². The summed E-state index contributed by atoms with van der Waals surface area (Å²) in [5.74, 6) is 0.829. The lowest BCUT2D eigenvalue weighted by molar-refractivity contribution is 0.287. The lowest BCUT2D eigenvalue weighted by Crippen LogP contribution is -2.20. The summed E-state index contributed by atoms with van der Waals surface area (Å²) in [6, 6.07) is 0. The van der Waals surface area contributed by atoms with Gasteiger partial charge in [0, 0.05) is 0 Å². The minimum absolute atomic E-state index is 0.227. The Morgan fingerprint density at radius 2 is 1.91 bits per heavy atom. The van der Waals surface area contributed by atoms with Gasteiger partial charge in [-0.05, 0) is 6.92 Å². The van der Waals surface area contributed by atoms with E-state index in [0.717, 1.165) is 0 Å². The molecule has 1 aromatic rings. The van der Waals surface area contributed by atoms with Crippen LogP contribution < -0.4 is 4.65 Å². The highest BCUT2D eigenvalue weighted by atomic mass is 16.6. The first kappa shape index (κ1) is 7.97. The SMILES string of the molecule is Cc1ncc(OB(O)O)cn1. The van der Waals surface area contributed by atoms with Gasteiger partial charge in [0.25, 0.3) is 0 Å². The van der Waals surface area contributed by atoms with E-state index >= 15 is 0 Å². The summed E-state index contributed by atoms with van der Waals surface area (Å²) in [5, 5.41) is 16.7. The Balaban J connectivity index is 2.66. The van der Waals surface area contributed by atoms with E-state index in [4.69, 9.17) is 10.0 Å². The molecule has 0 amide bonds. The van der Waals surface area contributed by atoms with Crippen molar-refractivity contribution in [3.63, 3.8) is 0 Å². The Morgan fingerprint density at radius 1 is 1.36 bits per heavy atom. The fourth-order valence-corrected chi connectivity index (χ4v) is 0.563. The van der Waals surface area contributed by atoms with E-state index in [1.807, 2.05) is 0 Å². The van der Waals surface area contributed by atoms with Crippen LogP contribution in [0.4, 0.5) is 0 Å².